The Labute approximate surface area is 132 Å². The van der Waals surface area contributed by atoms with Crippen LogP contribution < -0.4 is 10.7 Å². The maximum atomic E-state index is 13.0. The molecular weight excluding hydrogens is 301 g/mol. The first kappa shape index (κ1) is 16.4. The number of anilines is 1. The van der Waals surface area contributed by atoms with Gasteiger partial charge < -0.3 is 10.6 Å². The number of primary amides is 1. The molecule has 1 unspecified atom stereocenters. The standard InChI is InChI=1S/C15H16FN5O2/c1-20(8-2-7-17)15(23)12-9-13(14(18)22)21(19-12)11-5-3-10(16)4-6-11/h3-6,13H,2,8-9H2,1H3,(H2,18,22). The van der Waals surface area contributed by atoms with Crippen LogP contribution in [-0.4, -0.2) is 42.1 Å². The number of amides is 2. The fourth-order valence-corrected chi connectivity index (χ4v) is 2.23. The first-order chi connectivity index (χ1) is 10.9. The molecule has 0 fully saturated rings. The summed E-state index contributed by atoms with van der Waals surface area (Å²) in [5.41, 5.74) is 6.03. The largest absolute Gasteiger partial charge is 0.368 e. The maximum Gasteiger partial charge on any atom is 0.269 e. The van der Waals surface area contributed by atoms with Crippen LogP contribution in [0.2, 0.25) is 0 Å². The molecule has 0 spiro atoms. The maximum absolute atomic E-state index is 13.0. The van der Waals surface area contributed by atoms with Gasteiger partial charge in [0, 0.05) is 20.0 Å². The predicted molar refractivity (Wildman–Crippen MR) is 81.8 cm³/mol. The fourth-order valence-electron chi connectivity index (χ4n) is 2.23. The molecule has 1 aliphatic heterocycles. The van der Waals surface area contributed by atoms with Crippen LogP contribution in [0, 0.1) is 17.1 Å². The topological polar surface area (TPSA) is 103 Å². The van der Waals surface area contributed by atoms with Crippen LogP contribution in [0.5, 0.6) is 0 Å². The summed E-state index contributed by atoms with van der Waals surface area (Å²) in [5, 5.41) is 14.1. The van der Waals surface area contributed by atoms with Gasteiger partial charge in [0.1, 0.15) is 17.6 Å². The molecule has 8 heteroatoms. The van der Waals surface area contributed by atoms with Gasteiger partial charge in [-0.3, -0.25) is 14.6 Å². The van der Waals surface area contributed by atoms with Crippen molar-refractivity contribution in [2.24, 2.45) is 10.8 Å². The molecule has 120 valence electrons. The zero-order chi connectivity index (χ0) is 17.0. The van der Waals surface area contributed by atoms with E-state index in [-0.39, 0.29) is 31.0 Å². The SMILES string of the molecule is CN(CCC#N)C(=O)C1=NN(c2ccc(F)cc2)C(C(N)=O)C1. The quantitative estimate of drug-likeness (QED) is 0.859. The van der Waals surface area contributed by atoms with Crippen molar-refractivity contribution in [3.05, 3.63) is 30.1 Å². The third-order valence-corrected chi connectivity index (χ3v) is 3.48. The lowest BCUT2D eigenvalue weighted by atomic mass is 10.1. The monoisotopic (exact) mass is 317 g/mol. The van der Waals surface area contributed by atoms with E-state index in [4.69, 9.17) is 11.0 Å². The summed E-state index contributed by atoms with van der Waals surface area (Å²) < 4.78 is 13.0. The molecular formula is C15H16FN5O2. The second-order valence-electron chi connectivity index (χ2n) is 5.12. The molecule has 1 aromatic carbocycles. The van der Waals surface area contributed by atoms with E-state index in [1.54, 1.807) is 7.05 Å². The second-order valence-corrected chi connectivity index (χ2v) is 5.12. The molecule has 0 aliphatic carbocycles. The Bertz CT molecular complexity index is 680. The summed E-state index contributed by atoms with van der Waals surface area (Å²) in [6.45, 7) is 0.270. The van der Waals surface area contributed by atoms with Crippen molar-refractivity contribution in [2.75, 3.05) is 18.6 Å². The predicted octanol–water partition coefficient (Wildman–Crippen LogP) is 0.618. The van der Waals surface area contributed by atoms with Gasteiger partial charge in [-0.1, -0.05) is 0 Å². The number of hydrogen-bond acceptors (Lipinski definition) is 5. The van der Waals surface area contributed by atoms with Crippen molar-refractivity contribution >= 4 is 23.2 Å². The molecule has 7 nitrogen and oxygen atoms in total. The summed E-state index contributed by atoms with van der Waals surface area (Å²) in [6, 6.07) is 6.55. The van der Waals surface area contributed by atoms with E-state index in [1.807, 2.05) is 6.07 Å². The van der Waals surface area contributed by atoms with E-state index in [0.717, 1.165) is 0 Å². The molecule has 23 heavy (non-hydrogen) atoms. The van der Waals surface area contributed by atoms with Gasteiger partial charge in [0.15, 0.2) is 0 Å². The second kappa shape index (κ2) is 6.87. The number of benzene rings is 1. The van der Waals surface area contributed by atoms with Crippen molar-refractivity contribution in [1.82, 2.24) is 4.90 Å². The molecule has 0 radical (unpaired) electrons. The number of hydrogen-bond donors (Lipinski definition) is 1. The number of rotatable bonds is 5. The minimum Gasteiger partial charge on any atom is -0.368 e. The average Bonchev–Trinajstić information content (AvgIpc) is 2.98. The number of carbonyl (C=O) groups is 2. The first-order valence-electron chi connectivity index (χ1n) is 6.98. The molecule has 2 amide bonds. The van der Waals surface area contributed by atoms with Crippen LogP contribution in [0.15, 0.2) is 29.4 Å². The highest BCUT2D eigenvalue weighted by atomic mass is 19.1. The highest BCUT2D eigenvalue weighted by Crippen LogP contribution is 2.25. The van der Waals surface area contributed by atoms with Crippen molar-refractivity contribution in [2.45, 2.75) is 18.9 Å². The van der Waals surface area contributed by atoms with Gasteiger partial charge in [-0.05, 0) is 24.3 Å². The molecule has 1 aromatic rings. The third-order valence-electron chi connectivity index (χ3n) is 3.48. The van der Waals surface area contributed by atoms with Gasteiger partial charge in [0.05, 0.1) is 18.2 Å². The average molecular weight is 317 g/mol. The van der Waals surface area contributed by atoms with Crippen LogP contribution in [-0.2, 0) is 9.59 Å². The number of nitrogens with zero attached hydrogens (tertiary/aromatic N) is 4. The van der Waals surface area contributed by atoms with Gasteiger partial charge in [-0.15, -0.1) is 0 Å². The Kier molecular flexibility index (Phi) is 4.91. The summed E-state index contributed by atoms with van der Waals surface area (Å²) in [7, 11) is 1.56. The van der Waals surface area contributed by atoms with E-state index >= 15 is 0 Å². The lowest BCUT2D eigenvalue weighted by Gasteiger charge is -2.20. The van der Waals surface area contributed by atoms with Crippen molar-refractivity contribution in [3.8, 4) is 6.07 Å². The molecule has 1 atom stereocenters. The molecule has 0 saturated carbocycles. The van der Waals surface area contributed by atoms with Gasteiger partial charge >= 0.3 is 0 Å². The number of nitriles is 1. The van der Waals surface area contributed by atoms with Crippen molar-refractivity contribution in [1.29, 1.82) is 5.26 Å². The summed E-state index contributed by atoms with van der Waals surface area (Å²) in [6.07, 6.45) is 0.277. The van der Waals surface area contributed by atoms with Gasteiger partial charge in [0.2, 0.25) is 5.91 Å². The first-order valence-corrected chi connectivity index (χ1v) is 6.98. The van der Waals surface area contributed by atoms with Crippen LogP contribution in [0.3, 0.4) is 0 Å². The summed E-state index contributed by atoms with van der Waals surface area (Å²) in [5.74, 6) is -1.41. The highest BCUT2D eigenvalue weighted by molar-refractivity contribution is 6.40. The minimum absolute atomic E-state index is 0.0719. The fraction of sp³-hybridized carbons (Fsp3) is 0.333. The summed E-state index contributed by atoms with van der Waals surface area (Å²) >= 11 is 0. The third kappa shape index (κ3) is 3.63. The number of nitrogens with two attached hydrogens (primary N) is 1. The molecule has 2 rings (SSSR count). The number of carbonyl (C=O) groups excluding carboxylic acids is 2. The van der Waals surface area contributed by atoms with E-state index in [2.05, 4.69) is 5.10 Å². The van der Waals surface area contributed by atoms with Gasteiger partial charge in [-0.25, -0.2) is 4.39 Å². The molecule has 0 saturated heterocycles. The molecule has 0 bridgehead atoms. The zero-order valence-electron chi connectivity index (χ0n) is 12.6. The molecule has 0 aromatic heterocycles. The summed E-state index contributed by atoms with van der Waals surface area (Å²) in [4.78, 5) is 25.3. The Morgan fingerprint density at radius 2 is 2.13 bits per heavy atom. The van der Waals surface area contributed by atoms with Crippen LogP contribution >= 0.6 is 0 Å². The molecule has 1 aliphatic rings. The smallest absolute Gasteiger partial charge is 0.269 e. The van der Waals surface area contributed by atoms with E-state index in [9.17, 15) is 14.0 Å². The van der Waals surface area contributed by atoms with E-state index in [0.29, 0.717) is 5.69 Å². The molecule has 2 N–H and O–H groups in total. The Morgan fingerprint density at radius 1 is 1.48 bits per heavy atom. The van der Waals surface area contributed by atoms with Crippen molar-refractivity contribution < 1.29 is 14.0 Å². The van der Waals surface area contributed by atoms with Gasteiger partial charge in [0.25, 0.3) is 5.91 Å². The highest BCUT2D eigenvalue weighted by Gasteiger charge is 2.35. The van der Waals surface area contributed by atoms with Crippen LogP contribution in [0.25, 0.3) is 0 Å². The lowest BCUT2D eigenvalue weighted by Crippen LogP contribution is -2.40. The Hall–Kier alpha value is -2.95. The molecule has 1 heterocycles. The van der Waals surface area contributed by atoms with E-state index in [1.165, 1.54) is 34.2 Å². The lowest BCUT2D eigenvalue weighted by molar-refractivity contribution is -0.122. The minimum atomic E-state index is -0.802. The van der Waals surface area contributed by atoms with Crippen LogP contribution in [0.1, 0.15) is 12.8 Å². The normalized spacial score (nSPS) is 16.7. The van der Waals surface area contributed by atoms with Crippen LogP contribution in [0.4, 0.5) is 10.1 Å². The number of halogens is 1. The Morgan fingerprint density at radius 3 is 2.70 bits per heavy atom. The zero-order valence-corrected chi connectivity index (χ0v) is 12.6. The number of hydrazone groups is 1. The Balaban J connectivity index is 2.24. The van der Waals surface area contributed by atoms with Gasteiger partial charge in [-0.2, -0.15) is 10.4 Å². The van der Waals surface area contributed by atoms with Crippen molar-refractivity contribution in [3.63, 3.8) is 0 Å². The van der Waals surface area contributed by atoms with E-state index < -0.39 is 17.8 Å².